The van der Waals surface area contributed by atoms with Gasteiger partial charge in [0.2, 0.25) is 0 Å². The molecule has 3 aromatic rings. The minimum atomic E-state index is -5.10. The zero-order valence-corrected chi connectivity index (χ0v) is 14.0. The Labute approximate surface area is 149 Å². The van der Waals surface area contributed by atoms with Crippen LogP contribution in [0.2, 0.25) is 0 Å². The van der Waals surface area contributed by atoms with Gasteiger partial charge in [-0.3, -0.25) is 9.52 Å². The predicted molar refractivity (Wildman–Crippen MR) is 88.5 cm³/mol. The van der Waals surface area contributed by atoms with E-state index in [9.17, 15) is 31.5 Å². The molecule has 27 heavy (non-hydrogen) atoms. The van der Waals surface area contributed by atoms with Gasteiger partial charge in [-0.15, -0.1) is 0 Å². The Bertz CT molecular complexity index is 1160. The van der Waals surface area contributed by atoms with Crippen LogP contribution in [0.4, 0.5) is 18.9 Å². The molecule has 0 fully saturated rings. The molecular weight excluding hydrogens is 389 g/mol. The van der Waals surface area contributed by atoms with Gasteiger partial charge in [-0.05, 0) is 30.3 Å². The molecule has 8 nitrogen and oxygen atoms in total. The molecule has 0 spiro atoms. The van der Waals surface area contributed by atoms with Gasteiger partial charge >= 0.3 is 6.18 Å². The number of hydrogen-bond acceptors (Lipinski definition) is 5. The molecule has 0 aliphatic heterocycles. The SMILES string of the molecule is NC(=O)c1cc(S(=O)(=O)Nc2ccc3nc[nH]c3c2)cc(C(F)(F)F)c1O. The van der Waals surface area contributed by atoms with E-state index in [0.29, 0.717) is 17.1 Å². The number of alkyl halides is 3. The Morgan fingerprint density at radius 1 is 1.22 bits per heavy atom. The van der Waals surface area contributed by atoms with Crippen LogP contribution < -0.4 is 10.5 Å². The fraction of sp³-hybridized carbons (Fsp3) is 0.0667. The molecular formula is C15H11F3N4O4S. The van der Waals surface area contributed by atoms with Crippen molar-refractivity contribution >= 4 is 32.7 Å². The summed E-state index contributed by atoms with van der Waals surface area (Å²) in [5.74, 6) is -2.85. The Morgan fingerprint density at radius 2 is 1.93 bits per heavy atom. The number of anilines is 1. The van der Waals surface area contributed by atoms with Crippen LogP contribution in [0.15, 0.2) is 41.6 Å². The number of nitrogens with zero attached hydrogens (tertiary/aromatic N) is 1. The number of halogens is 3. The first-order valence-electron chi connectivity index (χ1n) is 7.19. The summed E-state index contributed by atoms with van der Waals surface area (Å²) in [7, 11) is -4.52. The lowest BCUT2D eigenvalue weighted by Gasteiger charge is -2.15. The fourth-order valence-corrected chi connectivity index (χ4v) is 3.48. The van der Waals surface area contributed by atoms with Crippen molar-refractivity contribution in [2.75, 3.05) is 4.72 Å². The fourth-order valence-electron chi connectivity index (χ4n) is 2.38. The number of amides is 1. The molecule has 0 unspecified atom stereocenters. The number of nitrogens with one attached hydrogen (secondary N) is 2. The van der Waals surface area contributed by atoms with E-state index >= 15 is 0 Å². The molecule has 1 heterocycles. The summed E-state index contributed by atoms with van der Waals surface area (Å²) in [6.45, 7) is 0. The summed E-state index contributed by atoms with van der Waals surface area (Å²) < 4.78 is 66.4. The Hall–Kier alpha value is -3.28. The van der Waals surface area contributed by atoms with Crippen molar-refractivity contribution in [3.05, 3.63) is 47.8 Å². The molecule has 1 amide bonds. The molecule has 5 N–H and O–H groups in total. The lowest BCUT2D eigenvalue weighted by Crippen LogP contribution is -2.19. The van der Waals surface area contributed by atoms with Gasteiger partial charge in [0.1, 0.15) is 5.75 Å². The van der Waals surface area contributed by atoms with Gasteiger partial charge in [-0.25, -0.2) is 13.4 Å². The van der Waals surface area contributed by atoms with E-state index in [1.807, 2.05) is 0 Å². The summed E-state index contributed by atoms with van der Waals surface area (Å²) in [6.07, 6.45) is -3.72. The number of phenols is 1. The quantitative estimate of drug-likeness (QED) is 0.532. The Morgan fingerprint density at radius 3 is 2.56 bits per heavy atom. The Kier molecular flexibility index (Phi) is 4.22. The zero-order valence-electron chi connectivity index (χ0n) is 13.2. The van der Waals surface area contributed by atoms with E-state index in [1.54, 1.807) is 0 Å². The van der Waals surface area contributed by atoms with Crippen molar-refractivity contribution in [2.45, 2.75) is 11.1 Å². The number of aromatic hydroxyl groups is 1. The third-order valence-corrected chi connectivity index (χ3v) is 5.00. The van der Waals surface area contributed by atoms with Gasteiger partial charge in [-0.1, -0.05) is 0 Å². The van der Waals surface area contributed by atoms with Crippen LogP contribution in [0, 0.1) is 0 Å². The van der Waals surface area contributed by atoms with E-state index in [1.165, 1.54) is 24.5 Å². The summed E-state index contributed by atoms with van der Waals surface area (Å²) in [5.41, 5.74) is 3.39. The number of H-pyrrole nitrogens is 1. The normalized spacial score (nSPS) is 12.3. The van der Waals surface area contributed by atoms with Crippen molar-refractivity contribution in [3.63, 3.8) is 0 Å². The number of hydrogen-bond donors (Lipinski definition) is 4. The number of primary amides is 1. The third-order valence-electron chi connectivity index (χ3n) is 3.64. The van der Waals surface area contributed by atoms with Gasteiger partial charge in [-0.2, -0.15) is 13.2 Å². The zero-order chi connectivity index (χ0) is 20.0. The number of nitrogens with two attached hydrogens (primary N) is 1. The molecule has 2 aromatic carbocycles. The van der Waals surface area contributed by atoms with Crippen molar-refractivity contribution in [1.82, 2.24) is 9.97 Å². The lowest BCUT2D eigenvalue weighted by atomic mass is 10.1. The maximum Gasteiger partial charge on any atom is 0.420 e. The molecule has 0 bridgehead atoms. The number of carbonyl (C=O) groups is 1. The highest BCUT2D eigenvalue weighted by atomic mass is 32.2. The van der Waals surface area contributed by atoms with Gasteiger partial charge in [0.15, 0.2) is 0 Å². The average Bonchev–Trinajstić information content (AvgIpc) is 3.00. The van der Waals surface area contributed by atoms with Crippen molar-refractivity contribution in [3.8, 4) is 5.75 Å². The highest BCUT2D eigenvalue weighted by Gasteiger charge is 2.37. The van der Waals surface area contributed by atoms with Crippen LogP contribution in [0.5, 0.6) is 5.75 Å². The number of imidazole rings is 1. The standard InChI is InChI=1S/C15H11F3N4O4S/c16-15(17,18)10-5-8(4-9(13(10)23)14(19)24)27(25,26)22-7-1-2-11-12(3-7)21-6-20-11/h1-6,22-23H,(H2,19,24)(H,20,21). The second-order valence-electron chi connectivity index (χ2n) is 5.47. The minimum Gasteiger partial charge on any atom is -0.506 e. The number of aromatic amines is 1. The second-order valence-corrected chi connectivity index (χ2v) is 7.15. The second kappa shape index (κ2) is 6.16. The average molecular weight is 400 g/mol. The highest BCUT2D eigenvalue weighted by Crippen LogP contribution is 2.39. The highest BCUT2D eigenvalue weighted by molar-refractivity contribution is 7.92. The largest absolute Gasteiger partial charge is 0.506 e. The van der Waals surface area contributed by atoms with Gasteiger partial charge < -0.3 is 15.8 Å². The minimum absolute atomic E-state index is 0.0500. The summed E-state index contributed by atoms with van der Waals surface area (Å²) in [5, 5.41) is 9.62. The maximum absolute atomic E-state index is 13.1. The van der Waals surface area contributed by atoms with Gasteiger partial charge in [0.05, 0.1) is 39.1 Å². The van der Waals surface area contributed by atoms with Gasteiger partial charge in [0, 0.05) is 0 Å². The van der Waals surface area contributed by atoms with E-state index in [-0.39, 0.29) is 11.8 Å². The van der Waals surface area contributed by atoms with Crippen LogP contribution in [-0.4, -0.2) is 29.4 Å². The van der Waals surface area contributed by atoms with Crippen molar-refractivity contribution in [1.29, 1.82) is 0 Å². The monoisotopic (exact) mass is 400 g/mol. The first kappa shape index (κ1) is 18.5. The molecule has 0 saturated heterocycles. The molecule has 0 radical (unpaired) electrons. The number of sulfonamides is 1. The molecule has 3 rings (SSSR count). The maximum atomic E-state index is 13.1. The predicted octanol–water partition coefficient (Wildman–Crippen LogP) is 2.19. The number of aromatic nitrogens is 2. The first-order chi connectivity index (χ1) is 12.5. The van der Waals surface area contributed by atoms with E-state index < -0.39 is 43.9 Å². The summed E-state index contributed by atoms with van der Waals surface area (Å²) >= 11 is 0. The van der Waals surface area contributed by atoms with Gasteiger partial charge in [0.25, 0.3) is 15.9 Å². The van der Waals surface area contributed by atoms with E-state index in [4.69, 9.17) is 5.73 Å². The number of rotatable bonds is 4. The topological polar surface area (TPSA) is 138 Å². The molecule has 0 aliphatic rings. The van der Waals surface area contributed by atoms with Crippen LogP contribution in [0.1, 0.15) is 15.9 Å². The number of carbonyl (C=O) groups excluding carboxylic acids is 1. The first-order valence-corrected chi connectivity index (χ1v) is 8.67. The van der Waals surface area contributed by atoms with Crippen LogP contribution in [0.25, 0.3) is 11.0 Å². The smallest absolute Gasteiger partial charge is 0.420 e. The third kappa shape index (κ3) is 3.51. The van der Waals surface area contributed by atoms with E-state index in [0.717, 1.165) is 0 Å². The Balaban J connectivity index is 2.10. The van der Waals surface area contributed by atoms with E-state index in [2.05, 4.69) is 14.7 Å². The molecule has 1 aromatic heterocycles. The van der Waals surface area contributed by atoms with Crippen LogP contribution in [-0.2, 0) is 16.2 Å². The molecule has 0 atom stereocenters. The number of benzene rings is 2. The van der Waals surface area contributed by atoms with Crippen LogP contribution in [0.3, 0.4) is 0 Å². The molecule has 0 aliphatic carbocycles. The summed E-state index contributed by atoms with van der Waals surface area (Å²) in [6, 6.07) is 5.04. The molecule has 142 valence electrons. The molecule has 0 saturated carbocycles. The van der Waals surface area contributed by atoms with Crippen LogP contribution >= 0.6 is 0 Å². The summed E-state index contributed by atoms with van der Waals surface area (Å²) in [4.78, 5) is 17.2. The van der Waals surface area contributed by atoms with Crippen molar-refractivity contribution in [2.24, 2.45) is 5.73 Å². The lowest BCUT2D eigenvalue weighted by molar-refractivity contribution is -0.138. The van der Waals surface area contributed by atoms with Crippen molar-refractivity contribution < 1.29 is 31.5 Å². The number of fused-ring (bicyclic) bond motifs is 1. The molecule has 12 heteroatoms.